The Bertz CT molecular complexity index is 959. The van der Waals surface area contributed by atoms with Crippen molar-refractivity contribution in [2.75, 3.05) is 31.8 Å². The molecule has 1 amide bonds. The number of nitriles is 1. The second kappa shape index (κ2) is 11.3. The number of methoxy groups -OCH3 is 1. The number of esters is 1. The van der Waals surface area contributed by atoms with Gasteiger partial charge < -0.3 is 19.1 Å². The van der Waals surface area contributed by atoms with Crippen LogP contribution in [0.1, 0.15) is 23.7 Å². The number of carbonyl (C=O) groups excluding carboxylic acids is 2. The Labute approximate surface area is 184 Å². The van der Waals surface area contributed by atoms with Gasteiger partial charge in [0.1, 0.15) is 0 Å². The predicted molar refractivity (Wildman–Crippen MR) is 113 cm³/mol. The van der Waals surface area contributed by atoms with E-state index in [0.717, 1.165) is 0 Å². The van der Waals surface area contributed by atoms with Gasteiger partial charge in [0.25, 0.3) is 5.91 Å². The van der Waals surface area contributed by atoms with Gasteiger partial charge in [0.15, 0.2) is 18.1 Å². The minimum absolute atomic E-state index is 0.109. The molecule has 0 unspecified atom stereocenters. The van der Waals surface area contributed by atoms with Gasteiger partial charge in [-0.15, -0.1) is 0 Å². The second-order valence-electron chi connectivity index (χ2n) is 5.93. The predicted octanol–water partition coefficient (Wildman–Crippen LogP) is 4.50. The Morgan fingerprint density at radius 2 is 1.97 bits per heavy atom. The third-order valence-electron chi connectivity index (χ3n) is 3.95. The van der Waals surface area contributed by atoms with Crippen molar-refractivity contribution in [2.45, 2.75) is 13.3 Å². The summed E-state index contributed by atoms with van der Waals surface area (Å²) in [5.41, 5.74) is 0.615. The highest BCUT2D eigenvalue weighted by atomic mass is 35.5. The van der Waals surface area contributed by atoms with E-state index < -0.39 is 18.5 Å². The molecule has 0 N–H and O–H groups in total. The first-order valence-corrected chi connectivity index (χ1v) is 9.77. The topological polar surface area (TPSA) is 88.9 Å². The molecular formula is C21H20Cl2N2O5. The van der Waals surface area contributed by atoms with Gasteiger partial charge >= 0.3 is 5.97 Å². The van der Waals surface area contributed by atoms with Crippen molar-refractivity contribution in [3.05, 3.63) is 52.0 Å². The molecule has 7 nitrogen and oxygen atoms in total. The Morgan fingerprint density at radius 1 is 1.20 bits per heavy atom. The summed E-state index contributed by atoms with van der Waals surface area (Å²) >= 11 is 12.2. The molecule has 30 heavy (non-hydrogen) atoms. The highest BCUT2D eigenvalue weighted by Gasteiger charge is 2.20. The monoisotopic (exact) mass is 450 g/mol. The van der Waals surface area contributed by atoms with Crippen LogP contribution in [-0.4, -0.2) is 38.7 Å². The number of hydrogen-bond acceptors (Lipinski definition) is 6. The number of nitrogens with zero attached hydrogens (tertiary/aromatic N) is 2. The second-order valence-corrected chi connectivity index (χ2v) is 6.78. The van der Waals surface area contributed by atoms with Crippen LogP contribution in [-0.2, 0) is 9.53 Å². The normalized spacial score (nSPS) is 10.1. The van der Waals surface area contributed by atoms with E-state index in [0.29, 0.717) is 23.1 Å². The lowest BCUT2D eigenvalue weighted by atomic mass is 10.2. The maximum Gasteiger partial charge on any atom is 0.338 e. The minimum Gasteiger partial charge on any atom is -0.493 e. The Balaban J connectivity index is 2.14. The van der Waals surface area contributed by atoms with E-state index in [1.807, 2.05) is 6.07 Å². The van der Waals surface area contributed by atoms with Crippen molar-refractivity contribution in [3.8, 4) is 17.6 Å². The molecule has 0 bridgehead atoms. The lowest BCUT2D eigenvalue weighted by Crippen LogP contribution is -2.35. The zero-order valence-electron chi connectivity index (χ0n) is 16.5. The molecular weight excluding hydrogens is 431 g/mol. The quantitative estimate of drug-likeness (QED) is 0.522. The van der Waals surface area contributed by atoms with Crippen LogP contribution in [0.25, 0.3) is 0 Å². The largest absolute Gasteiger partial charge is 0.493 e. The first-order valence-electron chi connectivity index (χ1n) is 9.01. The van der Waals surface area contributed by atoms with Crippen LogP contribution >= 0.6 is 23.2 Å². The molecule has 2 aromatic rings. The van der Waals surface area contributed by atoms with E-state index in [4.69, 9.17) is 42.7 Å². The van der Waals surface area contributed by atoms with Crippen LogP contribution in [0.2, 0.25) is 10.0 Å². The van der Waals surface area contributed by atoms with Crippen LogP contribution in [0.15, 0.2) is 36.4 Å². The maximum absolute atomic E-state index is 12.7. The number of amides is 1. The number of carbonyl (C=O) groups is 2. The summed E-state index contributed by atoms with van der Waals surface area (Å²) in [5.74, 6) is -0.655. The van der Waals surface area contributed by atoms with Crippen LogP contribution < -0.4 is 14.4 Å². The summed E-state index contributed by atoms with van der Waals surface area (Å²) < 4.78 is 15.8. The smallest absolute Gasteiger partial charge is 0.338 e. The SMILES string of the molecule is CCOc1c(Cl)cc(C(=O)OCC(=O)N(CCC#N)c2cccc(Cl)c2)cc1OC. The average Bonchev–Trinajstić information content (AvgIpc) is 2.73. The van der Waals surface area contributed by atoms with Crippen molar-refractivity contribution in [1.29, 1.82) is 5.26 Å². The molecule has 0 aliphatic carbocycles. The number of halogens is 2. The molecule has 2 rings (SSSR count). The van der Waals surface area contributed by atoms with Gasteiger partial charge in [-0.2, -0.15) is 5.26 Å². The van der Waals surface area contributed by atoms with E-state index >= 15 is 0 Å². The van der Waals surface area contributed by atoms with Gasteiger partial charge in [-0.05, 0) is 37.3 Å². The van der Waals surface area contributed by atoms with Gasteiger partial charge in [0.2, 0.25) is 0 Å². The molecule has 0 aliphatic heterocycles. The van der Waals surface area contributed by atoms with Gasteiger partial charge in [-0.1, -0.05) is 29.3 Å². The van der Waals surface area contributed by atoms with Gasteiger partial charge in [-0.25, -0.2) is 4.79 Å². The first kappa shape index (κ1) is 23.3. The zero-order valence-corrected chi connectivity index (χ0v) is 18.0. The third kappa shape index (κ3) is 6.02. The van der Waals surface area contributed by atoms with Gasteiger partial charge in [-0.3, -0.25) is 4.79 Å². The molecule has 0 aromatic heterocycles. The molecule has 0 heterocycles. The third-order valence-corrected chi connectivity index (χ3v) is 4.46. The fourth-order valence-corrected chi connectivity index (χ4v) is 3.06. The van der Waals surface area contributed by atoms with Crippen molar-refractivity contribution in [3.63, 3.8) is 0 Å². The van der Waals surface area contributed by atoms with Crippen LogP contribution in [0.3, 0.4) is 0 Å². The Morgan fingerprint density at radius 3 is 2.60 bits per heavy atom. The first-order chi connectivity index (χ1) is 14.4. The summed E-state index contributed by atoms with van der Waals surface area (Å²) in [6.07, 6.45) is 0.109. The molecule has 0 saturated heterocycles. The molecule has 0 aliphatic rings. The summed E-state index contributed by atoms with van der Waals surface area (Å²) in [5, 5.41) is 9.49. The van der Waals surface area contributed by atoms with E-state index in [2.05, 4.69) is 0 Å². The highest BCUT2D eigenvalue weighted by molar-refractivity contribution is 6.32. The van der Waals surface area contributed by atoms with Crippen molar-refractivity contribution in [2.24, 2.45) is 0 Å². The number of hydrogen-bond donors (Lipinski definition) is 0. The fourth-order valence-electron chi connectivity index (χ4n) is 2.61. The highest BCUT2D eigenvalue weighted by Crippen LogP contribution is 2.36. The van der Waals surface area contributed by atoms with Crippen molar-refractivity contribution in [1.82, 2.24) is 0 Å². The number of benzene rings is 2. The minimum atomic E-state index is -0.752. The number of anilines is 1. The van der Waals surface area contributed by atoms with Crippen molar-refractivity contribution >= 4 is 40.8 Å². The average molecular weight is 451 g/mol. The van der Waals surface area contributed by atoms with Crippen molar-refractivity contribution < 1.29 is 23.8 Å². The summed E-state index contributed by atoms with van der Waals surface area (Å²) in [6.45, 7) is 1.78. The van der Waals surface area contributed by atoms with Crippen LogP contribution in [0.4, 0.5) is 5.69 Å². The standard InChI is InChI=1S/C21H20Cl2N2O5/c1-3-29-20-17(23)10-14(11-18(20)28-2)21(27)30-13-19(26)25(9-5-8-24)16-7-4-6-15(22)12-16/h4,6-7,10-12H,3,5,9,13H2,1-2H3. The maximum atomic E-state index is 12.7. The lowest BCUT2D eigenvalue weighted by molar-refractivity contribution is -0.121. The molecule has 0 saturated carbocycles. The van der Waals surface area contributed by atoms with Gasteiger partial charge in [0.05, 0.1) is 36.8 Å². The Kier molecular flexibility index (Phi) is 8.78. The molecule has 2 aromatic carbocycles. The van der Waals surface area contributed by atoms with E-state index in [1.54, 1.807) is 31.2 Å². The fraction of sp³-hybridized carbons (Fsp3) is 0.286. The van der Waals surface area contributed by atoms with Crippen LogP contribution in [0.5, 0.6) is 11.5 Å². The number of rotatable bonds is 9. The molecule has 158 valence electrons. The Hall–Kier alpha value is -2.95. The van der Waals surface area contributed by atoms with E-state index in [-0.39, 0.29) is 29.3 Å². The molecule has 9 heteroatoms. The molecule has 0 radical (unpaired) electrons. The number of ether oxygens (including phenoxy) is 3. The summed E-state index contributed by atoms with van der Waals surface area (Å²) in [7, 11) is 1.42. The summed E-state index contributed by atoms with van der Waals surface area (Å²) in [6, 6.07) is 11.4. The zero-order chi connectivity index (χ0) is 22.1. The molecule has 0 atom stereocenters. The van der Waals surface area contributed by atoms with E-state index in [9.17, 15) is 9.59 Å². The van der Waals surface area contributed by atoms with Gasteiger partial charge in [0, 0.05) is 17.3 Å². The molecule has 0 fully saturated rings. The lowest BCUT2D eigenvalue weighted by Gasteiger charge is -2.22. The molecule has 0 spiro atoms. The van der Waals surface area contributed by atoms with E-state index in [1.165, 1.54) is 24.1 Å². The van der Waals surface area contributed by atoms with Crippen LogP contribution in [0, 0.1) is 11.3 Å². The summed E-state index contributed by atoms with van der Waals surface area (Å²) in [4.78, 5) is 26.4.